The number of anilines is 1. The van der Waals surface area contributed by atoms with Gasteiger partial charge in [0.15, 0.2) is 0 Å². The second-order valence-electron chi connectivity index (χ2n) is 3.91. The lowest BCUT2D eigenvalue weighted by Gasteiger charge is -2.09. The van der Waals surface area contributed by atoms with Crippen molar-refractivity contribution in [3.8, 4) is 0 Å². The van der Waals surface area contributed by atoms with Gasteiger partial charge in [0.2, 0.25) is 0 Å². The van der Waals surface area contributed by atoms with Crippen LogP contribution in [-0.2, 0) is 7.05 Å². The number of aryl methyl sites for hydroxylation is 2. The molecule has 0 saturated carbocycles. The summed E-state index contributed by atoms with van der Waals surface area (Å²) < 4.78 is 1.88. The van der Waals surface area contributed by atoms with Gasteiger partial charge in [-0.1, -0.05) is 13.8 Å². The second kappa shape index (κ2) is 4.30. The predicted octanol–water partition coefficient (Wildman–Crippen LogP) is 2.19. The van der Waals surface area contributed by atoms with Crippen LogP contribution in [0.1, 0.15) is 25.8 Å². The largest absolute Gasteiger partial charge is 0.370 e. The van der Waals surface area contributed by atoms with Gasteiger partial charge >= 0.3 is 0 Å². The Morgan fingerprint density at radius 1 is 1.54 bits per heavy atom. The van der Waals surface area contributed by atoms with Gasteiger partial charge in [0.05, 0.1) is 6.20 Å². The molecule has 0 atom stereocenters. The van der Waals surface area contributed by atoms with Gasteiger partial charge in [0.1, 0.15) is 5.82 Å². The molecule has 0 fully saturated rings. The zero-order valence-electron chi connectivity index (χ0n) is 8.96. The van der Waals surface area contributed by atoms with Crippen molar-refractivity contribution in [2.75, 3.05) is 11.9 Å². The van der Waals surface area contributed by atoms with Gasteiger partial charge in [-0.25, -0.2) is 0 Å². The molecule has 0 saturated heterocycles. The average Bonchev–Trinajstić information content (AvgIpc) is 2.34. The molecule has 0 spiro atoms. The topological polar surface area (TPSA) is 29.9 Å². The molecule has 0 aliphatic rings. The molecule has 3 nitrogen and oxygen atoms in total. The van der Waals surface area contributed by atoms with Gasteiger partial charge in [0, 0.05) is 19.2 Å². The number of hydrogen-bond acceptors (Lipinski definition) is 2. The Bertz CT molecular complexity index is 244. The lowest BCUT2D eigenvalue weighted by atomic mass is 10.1. The molecule has 1 N–H and O–H groups in total. The standard InChI is InChI=1S/C10H19N3/c1-8(2)5-6-11-10-9(3)7-12-13(10)4/h7-8,11H,5-6H2,1-4H3. The van der Waals surface area contributed by atoms with Crippen LogP contribution in [0, 0.1) is 12.8 Å². The van der Waals surface area contributed by atoms with Crippen molar-refractivity contribution in [3.63, 3.8) is 0 Å². The SMILES string of the molecule is Cc1cnn(C)c1NCCC(C)C. The molecule has 0 amide bonds. The van der Waals surface area contributed by atoms with Crippen molar-refractivity contribution in [3.05, 3.63) is 11.8 Å². The Hall–Kier alpha value is -0.990. The summed E-state index contributed by atoms with van der Waals surface area (Å²) in [4.78, 5) is 0. The van der Waals surface area contributed by atoms with Gasteiger partial charge in [-0.2, -0.15) is 5.10 Å². The third kappa shape index (κ3) is 2.76. The lowest BCUT2D eigenvalue weighted by molar-refractivity contribution is 0.604. The van der Waals surface area contributed by atoms with E-state index >= 15 is 0 Å². The maximum Gasteiger partial charge on any atom is 0.126 e. The Balaban J connectivity index is 2.44. The number of nitrogens with one attached hydrogen (secondary N) is 1. The van der Waals surface area contributed by atoms with Gasteiger partial charge in [-0.15, -0.1) is 0 Å². The molecule has 1 rings (SSSR count). The van der Waals surface area contributed by atoms with Gasteiger partial charge in [-0.3, -0.25) is 4.68 Å². The fourth-order valence-electron chi connectivity index (χ4n) is 1.28. The molecule has 0 radical (unpaired) electrons. The normalized spacial score (nSPS) is 10.8. The number of hydrogen-bond donors (Lipinski definition) is 1. The first-order valence-electron chi connectivity index (χ1n) is 4.83. The highest BCUT2D eigenvalue weighted by molar-refractivity contribution is 5.42. The quantitative estimate of drug-likeness (QED) is 0.771. The van der Waals surface area contributed by atoms with Crippen molar-refractivity contribution in [2.24, 2.45) is 13.0 Å². The summed E-state index contributed by atoms with van der Waals surface area (Å²) in [5, 5.41) is 7.56. The van der Waals surface area contributed by atoms with E-state index in [0.29, 0.717) is 0 Å². The fourth-order valence-corrected chi connectivity index (χ4v) is 1.28. The van der Waals surface area contributed by atoms with Crippen molar-refractivity contribution >= 4 is 5.82 Å². The van der Waals surface area contributed by atoms with E-state index in [1.807, 2.05) is 17.9 Å². The minimum Gasteiger partial charge on any atom is -0.370 e. The van der Waals surface area contributed by atoms with Crippen LogP contribution >= 0.6 is 0 Å². The highest BCUT2D eigenvalue weighted by Gasteiger charge is 2.02. The zero-order chi connectivity index (χ0) is 9.84. The molecule has 0 bridgehead atoms. The molecule has 1 aromatic rings. The predicted molar refractivity (Wildman–Crippen MR) is 55.9 cm³/mol. The Morgan fingerprint density at radius 3 is 2.69 bits per heavy atom. The van der Waals surface area contributed by atoms with Crippen molar-refractivity contribution in [1.29, 1.82) is 0 Å². The van der Waals surface area contributed by atoms with E-state index in [9.17, 15) is 0 Å². The minimum atomic E-state index is 0.751. The molecule has 0 aliphatic carbocycles. The van der Waals surface area contributed by atoms with Crippen LogP contribution in [0.5, 0.6) is 0 Å². The van der Waals surface area contributed by atoms with Crippen LogP contribution in [-0.4, -0.2) is 16.3 Å². The Labute approximate surface area is 80.1 Å². The van der Waals surface area contributed by atoms with E-state index in [1.165, 1.54) is 12.0 Å². The van der Waals surface area contributed by atoms with Crippen LogP contribution in [0.3, 0.4) is 0 Å². The van der Waals surface area contributed by atoms with E-state index < -0.39 is 0 Å². The molecule has 0 aliphatic heterocycles. The molecule has 1 heterocycles. The van der Waals surface area contributed by atoms with E-state index in [2.05, 4.69) is 31.2 Å². The first-order chi connectivity index (χ1) is 6.11. The Morgan fingerprint density at radius 2 is 2.23 bits per heavy atom. The van der Waals surface area contributed by atoms with Crippen molar-refractivity contribution < 1.29 is 0 Å². The molecular weight excluding hydrogens is 162 g/mol. The van der Waals surface area contributed by atoms with Crippen LogP contribution in [0.4, 0.5) is 5.82 Å². The Kier molecular flexibility index (Phi) is 3.34. The second-order valence-corrected chi connectivity index (χ2v) is 3.91. The van der Waals surface area contributed by atoms with Crippen LogP contribution < -0.4 is 5.32 Å². The highest BCUT2D eigenvalue weighted by atomic mass is 15.3. The number of nitrogens with zero attached hydrogens (tertiary/aromatic N) is 2. The van der Waals surface area contributed by atoms with E-state index in [-0.39, 0.29) is 0 Å². The molecule has 74 valence electrons. The molecule has 13 heavy (non-hydrogen) atoms. The summed E-state index contributed by atoms with van der Waals surface area (Å²) in [5.41, 5.74) is 1.21. The third-order valence-electron chi connectivity index (χ3n) is 2.14. The van der Waals surface area contributed by atoms with E-state index in [1.54, 1.807) is 0 Å². The maximum absolute atomic E-state index is 4.17. The van der Waals surface area contributed by atoms with E-state index in [0.717, 1.165) is 18.3 Å². The summed E-state index contributed by atoms with van der Waals surface area (Å²) in [6, 6.07) is 0. The summed E-state index contributed by atoms with van der Waals surface area (Å²) in [5.74, 6) is 1.89. The van der Waals surface area contributed by atoms with Crippen molar-refractivity contribution in [1.82, 2.24) is 9.78 Å². The van der Waals surface area contributed by atoms with Crippen molar-refractivity contribution in [2.45, 2.75) is 27.2 Å². The first-order valence-corrected chi connectivity index (χ1v) is 4.83. The smallest absolute Gasteiger partial charge is 0.126 e. The monoisotopic (exact) mass is 181 g/mol. The third-order valence-corrected chi connectivity index (χ3v) is 2.14. The summed E-state index contributed by atoms with van der Waals surface area (Å²) in [7, 11) is 1.96. The maximum atomic E-state index is 4.17. The molecule has 3 heteroatoms. The molecular formula is C10H19N3. The van der Waals surface area contributed by atoms with Gasteiger partial charge < -0.3 is 5.32 Å². The fraction of sp³-hybridized carbons (Fsp3) is 0.700. The summed E-state index contributed by atoms with van der Waals surface area (Å²) >= 11 is 0. The average molecular weight is 181 g/mol. The van der Waals surface area contributed by atoms with Crippen LogP contribution in [0.15, 0.2) is 6.20 Å². The van der Waals surface area contributed by atoms with Gasteiger partial charge in [0.25, 0.3) is 0 Å². The summed E-state index contributed by atoms with van der Waals surface area (Å²) in [6.07, 6.45) is 3.09. The van der Waals surface area contributed by atoms with E-state index in [4.69, 9.17) is 0 Å². The molecule has 1 aromatic heterocycles. The van der Waals surface area contributed by atoms with Gasteiger partial charge in [-0.05, 0) is 19.3 Å². The number of aromatic nitrogens is 2. The highest BCUT2D eigenvalue weighted by Crippen LogP contribution is 2.12. The molecule has 0 aromatic carbocycles. The first kappa shape index (κ1) is 10.1. The lowest BCUT2D eigenvalue weighted by Crippen LogP contribution is -2.09. The summed E-state index contributed by atoms with van der Waals surface area (Å²) in [6.45, 7) is 7.57. The van der Waals surface area contributed by atoms with Crippen LogP contribution in [0.25, 0.3) is 0 Å². The van der Waals surface area contributed by atoms with Crippen LogP contribution in [0.2, 0.25) is 0 Å². The number of rotatable bonds is 4. The zero-order valence-corrected chi connectivity index (χ0v) is 8.96. The minimum absolute atomic E-state index is 0.751. The molecule has 0 unspecified atom stereocenters.